The van der Waals surface area contributed by atoms with Crippen LogP contribution in [0.4, 0.5) is 5.13 Å². The van der Waals surface area contributed by atoms with Gasteiger partial charge < -0.3 is 9.47 Å². The van der Waals surface area contributed by atoms with Gasteiger partial charge in [-0.05, 0) is 37.1 Å². The Balaban J connectivity index is 2.20. The van der Waals surface area contributed by atoms with Crippen molar-refractivity contribution in [3.63, 3.8) is 0 Å². The van der Waals surface area contributed by atoms with Gasteiger partial charge in [0, 0.05) is 0 Å². The van der Waals surface area contributed by atoms with Crippen LogP contribution in [0.1, 0.15) is 11.1 Å². The summed E-state index contributed by atoms with van der Waals surface area (Å²) in [7, 11) is -1.00. The molecule has 0 atom stereocenters. The third kappa shape index (κ3) is 4.83. The number of anilines is 1. The zero-order chi connectivity index (χ0) is 18.6. The summed E-state index contributed by atoms with van der Waals surface area (Å²) in [6.07, 6.45) is 0. The summed E-state index contributed by atoms with van der Waals surface area (Å²) in [5.74, 6) is 0.271. The van der Waals surface area contributed by atoms with Crippen molar-refractivity contribution in [3.05, 3.63) is 23.3 Å². The van der Waals surface area contributed by atoms with Crippen LogP contribution in [0, 0.1) is 13.8 Å². The Kier molecular flexibility index (Phi) is 6.25. The van der Waals surface area contributed by atoms with Crippen molar-refractivity contribution in [2.24, 2.45) is 0 Å². The van der Waals surface area contributed by atoms with Gasteiger partial charge >= 0.3 is 5.97 Å². The fourth-order valence-corrected chi connectivity index (χ4v) is 5.38. The smallest absolute Gasteiger partial charge is 0.316 e. The summed E-state index contributed by atoms with van der Waals surface area (Å²) in [6, 6.07) is 3.30. The van der Waals surface area contributed by atoms with E-state index in [0.717, 1.165) is 23.1 Å². The zero-order valence-corrected chi connectivity index (χ0v) is 16.5. The maximum Gasteiger partial charge on any atom is 0.316 e. The fraction of sp³-hybridized carbons (Fsp3) is 0.357. The first-order valence-electron chi connectivity index (χ1n) is 6.98. The van der Waals surface area contributed by atoms with Gasteiger partial charge in [0.05, 0.1) is 24.9 Å². The van der Waals surface area contributed by atoms with Crippen molar-refractivity contribution in [1.29, 1.82) is 0 Å². The molecular formula is C14H17N3O5S3. The van der Waals surface area contributed by atoms with Gasteiger partial charge in [-0.15, -0.1) is 10.2 Å². The molecule has 1 aromatic heterocycles. The summed E-state index contributed by atoms with van der Waals surface area (Å²) in [4.78, 5) is 11.3. The van der Waals surface area contributed by atoms with Crippen molar-refractivity contribution in [2.45, 2.75) is 23.1 Å². The summed E-state index contributed by atoms with van der Waals surface area (Å²) < 4.78 is 37.9. The average molecular weight is 404 g/mol. The van der Waals surface area contributed by atoms with Gasteiger partial charge in [0.2, 0.25) is 5.13 Å². The van der Waals surface area contributed by atoms with Gasteiger partial charge in [-0.25, -0.2) is 8.42 Å². The first kappa shape index (κ1) is 19.5. The van der Waals surface area contributed by atoms with Crippen LogP contribution >= 0.6 is 23.1 Å². The Hall–Kier alpha value is -1.85. The summed E-state index contributed by atoms with van der Waals surface area (Å²) >= 11 is 2.17. The number of hydrogen-bond donors (Lipinski definition) is 1. The van der Waals surface area contributed by atoms with E-state index < -0.39 is 16.0 Å². The standard InChI is InChI=1S/C14H17N3O5S3/c1-8-5-10(21-3)6-9(2)12(8)25(19,20)17-13-15-16-14(24-13)23-7-11(18)22-4/h5-6H,7H2,1-4H3,(H,15,17). The number of carbonyl (C=O) groups is 1. The number of sulfonamides is 1. The highest BCUT2D eigenvalue weighted by Gasteiger charge is 2.22. The Morgan fingerprint density at radius 3 is 2.44 bits per heavy atom. The number of thioether (sulfide) groups is 1. The molecule has 0 spiro atoms. The van der Waals surface area contributed by atoms with Crippen LogP contribution in [0.5, 0.6) is 5.75 Å². The van der Waals surface area contributed by atoms with Crippen LogP contribution in [0.3, 0.4) is 0 Å². The Morgan fingerprint density at radius 2 is 1.88 bits per heavy atom. The minimum atomic E-state index is -3.82. The molecular weight excluding hydrogens is 386 g/mol. The number of nitrogens with one attached hydrogen (secondary N) is 1. The zero-order valence-electron chi connectivity index (χ0n) is 14.0. The van der Waals surface area contributed by atoms with Crippen molar-refractivity contribution in [1.82, 2.24) is 10.2 Å². The molecule has 8 nitrogen and oxygen atoms in total. The maximum absolute atomic E-state index is 12.7. The molecule has 1 aromatic carbocycles. The van der Waals surface area contributed by atoms with E-state index in [1.807, 2.05) is 0 Å². The van der Waals surface area contributed by atoms with Gasteiger partial charge in [-0.3, -0.25) is 9.52 Å². The third-order valence-electron chi connectivity index (χ3n) is 3.11. The van der Waals surface area contributed by atoms with E-state index in [1.165, 1.54) is 14.2 Å². The highest BCUT2D eigenvalue weighted by Crippen LogP contribution is 2.30. The molecule has 25 heavy (non-hydrogen) atoms. The number of rotatable bonds is 7. The van der Waals surface area contributed by atoms with Crippen molar-refractivity contribution in [3.8, 4) is 5.75 Å². The second-order valence-corrected chi connectivity index (χ2v) is 8.75. The molecule has 0 unspecified atom stereocenters. The maximum atomic E-state index is 12.7. The summed E-state index contributed by atoms with van der Waals surface area (Å²) in [6.45, 7) is 3.39. The second-order valence-electron chi connectivity index (χ2n) is 4.93. The lowest BCUT2D eigenvalue weighted by Crippen LogP contribution is -2.15. The summed E-state index contributed by atoms with van der Waals surface area (Å²) in [5, 5.41) is 7.78. The molecule has 0 radical (unpaired) electrons. The highest BCUT2D eigenvalue weighted by atomic mass is 32.2. The van der Waals surface area contributed by atoms with Crippen LogP contribution in [0.2, 0.25) is 0 Å². The molecule has 0 bridgehead atoms. The number of nitrogens with zero attached hydrogens (tertiary/aromatic N) is 2. The van der Waals surface area contributed by atoms with E-state index in [2.05, 4.69) is 19.7 Å². The van der Waals surface area contributed by atoms with Gasteiger partial charge in [0.25, 0.3) is 10.0 Å². The second kappa shape index (κ2) is 8.02. The van der Waals surface area contributed by atoms with Crippen LogP contribution in [-0.2, 0) is 19.6 Å². The van der Waals surface area contributed by atoms with Crippen LogP contribution in [0.15, 0.2) is 21.4 Å². The molecule has 1 N–H and O–H groups in total. The van der Waals surface area contributed by atoms with Crippen molar-refractivity contribution >= 4 is 44.2 Å². The Bertz CT molecular complexity index is 857. The molecule has 0 saturated heterocycles. The molecule has 0 aliphatic carbocycles. The molecule has 0 saturated carbocycles. The predicted molar refractivity (Wildman–Crippen MR) is 95.9 cm³/mol. The monoisotopic (exact) mass is 403 g/mol. The summed E-state index contributed by atoms with van der Waals surface area (Å²) in [5.41, 5.74) is 1.13. The first-order chi connectivity index (χ1) is 11.8. The first-order valence-corrected chi connectivity index (χ1v) is 10.3. The van der Waals surface area contributed by atoms with Gasteiger partial charge in [0.1, 0.15) is 5.75 Å². The molecule has 0 fully saturated rings. The van der Waals surface area contributed by atoms with E-state index in [4.69, 9.17) is 4.74 Å². The van der Waals surface area contributed by atoms with E-state index >= 15 is 0 Å². The number of benzene rings is 1. The molecule has 0 aliphatic rings. The van der Waals surface area contributed by atoms with Gasteiger partial charge in [-0.1, -0.05) is 23.1 Å². The Labute approximate surface area is 154 Å². The van der Waals surface area contributed by atoms with E-state index in [0.29, 0.717) is 21.2 Å². The van der Waals surface area contributed by atoms with E-state index in [-0.39, 0.29) is 15.8 Å². The third-order valence-corrected chi connectivity index (χ3v) is 6.83. The van der Waals surface area contributed by atoms with Gasteiger partial charge in [0.15, 0.2) is 4.34 Å². The topological polar surface area (TPSA) is 107 Å². The number of ether oxygens (including phenoxy) is 2. The lowest BCUT2D eigenvalue weighted by atomic mass is 10.1. The van der Waals surface area contributed by atoms with Crippen molar-refractivity contribution in [2.75, 3.05) is 24.7 Å². The lowest BCUT2D eigenvalue weighted by molar-refractivity contribution is -0.137. The fourth-order valence-electron chi connectivity index (χ4n) is 2.11. The molecule has 136 valence electrons. The number of aromatic nitrogens is 2. The quantitative estimate of drug-likeness (QED) is 0.554. The number of esters is 1. The largest absolute Gasteiger partial charge is 0.497 e. The number of aryl methyl sites for hydroxylation is 2. The minimum Gasteiger partial charge on any atom is -0.497 e. The SMILES string of the molecule is COC(=O)CSc1nnc(NS(=O)(=O)c2c(C)cc(OC)cc2C)s1. The molecule has 0 aliphatic heterocycles. The number of hydrogen-bond acceptors (Lipinski definition) is 9. The highest BCUT2D eigenvalue weighted by molar-refractivity contribution is 8.01. The van der Waals surface area contributed by atoms with Crippen LogP contribution < -0.4 is 9.46 Å². The molecule has 1 heterocycles. The molecule has 2 rings (SSSR count). The molecule has 11 heteroatoms. The lowest BCUT2D eigenvalue weighted by Gasteiger charge is -2.12. The Morgan fingerprint density at radius 1 is 1.24 bits per heavy atom. The minimum absolute atomic E-state index is 0.0780. The van der Waals surface area contributed by atoms with E-state index in [1.54, 1.807) is 26.0 Å². The van der Waals surface area contributed by atoms with E-state index in [9.17, 15) is 13.2 Å². The van der Waals surface area contributed by atoms with Gasteiger partial charge in [-0.2, -0.15) is 0 Å². The number of carbonyl (C=O) groups excluding carboxylic acids is 1. The normalized spacial score (nSPS) is 11.2. The van der Waals surface area contributed by atoms with Crippen LogP contribution in [-0.4, -0.2) is 44.6 Å². The molecule has 0 amide bonds. The predicted octanol–water partition coefficient (Wildman–Crippen LogP) is 2.23. The average Bonchev–Trinajstić information content (AvgIpc) is 2.97. The number of methoxy groups -OCH3 is 2. The molecule has 2 aromatic rings. The van der Waals surface area contributed by atoms with Crippen LogP contribution in [0.25, 0.3) is 0 Å². The van der Waals surface area contributed by atoms with Crippen molar-refractivity contribution < 1.29 is 22.7 Å².